The molecule has 1 rings (SSSR count). The number of nitrogens with one attached hydrogen (secondary N) is 1. The Morgan fingerprint density at radius 1 is 1.47 bits per heavy atom. The second-order valence-corrected chi connectivity index (χ2v) is 5.05. The van der Waals surface area contributed by atoms with Crippen LogP contribution in [-0.4, -0.2) is 37.9 Å². The molecule has 0 heterocycles. The minimum absolute atomic E-state index is 0.226. The molecule has 17 heavy (non-hydrogen) atoms. The number of rotatable bonds is 5. The van der Waals surface area contributed by atoms with Crippen LogP contribution in [0.4, 0.5) is 10.1 Å². The Bertz CT molecular complexity index is 472. The molecule has 6 nitrogen and oxygen atoms in total. The van der Waals surface area contributed by atoms with Gasteiger partial charge in [-0.15, -0.1) is 0 Å². The van der Waals surface area contributed by atoms with Crippen molar-refractivity contribution >= 4 is 15.7 Å². The van der Waals surface area contributed by atoms with Gasteiger partial charge in [-0.2, -0.15) is 0 Å². The fraction of sp³-hybridized carbons (Fsp3) is 0.333. The Balaban J connectivity index is 2.98. The Hall–Kier alpha value is -1.22. The zero-order valence-corrected chi connectivity index (χ0v) is 9.61. The smallest absolute Gasteiger partial charge is 0.245 e. The molecule has 1 aromatic carbocycles. The van der Waals surface area contributed by atoms with Gasteiger partial charge in [0.2, 0.25) is 10.0 Å². The first-order valence-corrected chi connectivity index (χ1v) is 6.19. The fourth-order valence-electron chi connectivity index (χ4n) is 1.15. The van der Waals surface area contributed by atoms with Gasteiger partial charge in [-0.3, -0.25) is 0 Å². The number of anilines is 1. The molecule has 96 valence electrons. The van der Waals surface area contributed by atoms with Crippen LogP contribution < -0.4 is 10.5 Å². The lowest BCUT2D eigenvalue weighted by atomic mass is 10.3. The standard InChI is InChI=1S/C9H13FN2O4S/c10-7-2-1-3-8(11)9(7)17(15,16)12-4-6(14)5-13/h1-3,6,12-14H,4-5,11H2. The number of hydrogen-bond donors (Lipinski definition) is 4. The molecule has 0 amide bonds. The normalized spacial score (nSPS) is 13.6. The molecule has 0 saturated heterocycles. The van der Waals surface area contributed by atoms with E-state index in [4.69, 9.17) is 15.9 Å². The molecule has 0 aliphatic heterocycles. The van der Waals surface area contributed by atoms with E-state index in [9.17, 15) is 12.8 Å². The van der Waals surface area contributed by atoms with Crippen molar-refractivity contribution in [2.75, 3.05) is 18.9 Å². The highest BCUT2D eigenvalue weighted by atomic mass is 32.2. The van der Waals surface area contributed by atoms with Crippen LogP contribution in [0.5, 0.6) is 0 Å². The van der Waals surface area contributed by atoms with Crippen LogP contribution in [0, 0.1) is 5.82 Å². The van der Waals surface area contributed by atoms with Crippen LogP contribution >= 0.6 is 0 Å². The lowest BCUT2D eigenvalue weighted by Gasteiger charge is -2.11. The second-order valence-electron chi connectivity index (χ2n) is 3.35. The fourth-order valence-corrected chi connectivity index (χ4v) is 2.41. The van der Waals surface area contributed by atoms with Gasteiger partial charge < -0.3 is 15.9 Å². The summed E-state index contributed by atoms with van der Waals surface area (Å²) in [5, 5.41) is 17.5. The van der Waals surface area contributed by atoms with Crippen molar-refractivity contribution in [3.63, 3.8) is 0 Å². The van der Waals surface area contributed by atoms with Crippen LogP contribution in [0.3, 0.4) is 0 Å². The molecule has 1 atom stereocenters. The zero-order chi connectivity index (χ0) is 13.1. The summed E-state index contributed by atoms with van der Waals surface area (Å²) < 4.78 is 38.6. The van der Waals surface area contributed by atoms with Crippen LogP contribution in [0.15, 0.2) is 23.1 Å². The Kier molecular flexibility index (Phi) is 4.40. The van der Waals surface area contributed by atoms with Crippen molar-refractivity contribution in [1.29, 1.82) is 0 Å². The number of hydrogen-bond acceptors (Lipinski definition) is 5. The monoisotopic (exact) mass is 264 g/mol. The number of halogens is 1. The van der Waals surface area contributed by atoms with Crippen molar-refractivity contribution in [2.45, 2.75) is 11.0 Å². The Labute approximate surface area is 97.9 Å². The Morgan fingerprint density at radius 2 is 2.12 bits per heavy atom. The quantitative estimate of drug-likeness (QED) is 0.512. The van der Waals surface area contributed by atoms with Crippen molar-refractivity contribution in [2.24, 2.45) is 0 Å². The van der Waals surface area contributed by atoms with Gasteiger partial charge in [0.15, 0.2) is 0 Å². The number of aliphatic hydroxyl groups is 2. The first kappa shape index (κ1) is 13.8. The van der Waals surface area contributed by atoms with E-state index in [-0.39, 0.29) is 5.69 Å². The van der Waals surface area contributed by atoms with Crippen LogP contribution in [0.25, 0.3) is 0 Å². The first-order valence-electron chi connectivity index (χ1n) is 4.71. The van der Waals surface area contributed by atoms with E-state index in [0.29, 0.717) is 0 Å². The molecular weight excluding hydrogens is 251 g/mol. The van der Waals surface area contributed by atoms with E-state index in [1.807, 2.05) is 4.72 Å². The molecule has 0 aromatic heterocycles. The van der Waals surface area contributed by atoms with E-state index < -0.39 is 40.0 Å². The third kappa shape index (κ3) is 3.37. The van der Waals surface area contributed by atoms with Gasteiger partial charge in [0.05, 0.1) is 18.4 Å². The summed E-state index contributed by atoms with van der Waals surface area (Å²) in [5.41, 5.74) is 5.15. The minimum Gasteiger partial charge on any atom is -0.398 e. The molecule has 0 fully saturated rings. The van der Waals surface area contributed by atoms with E-state index >= 15 is 0 Å². The van der Waals surface area contributed by atoms with E-state index in [1.165, 1.54) is 12.1 Å². The summed E-state index contributed by atoms with van der Waals surface area (Å²) in [6.45, 7) is -1.03. The number of benzene rings is 1. The lowest BCUT2D eigenvalue weighted by molar-refractivity contribution is 0.0988. The van der Waals surface area contributed by atoms with E-state index in [2.05, 4.69) is 0 Å². The number of nitrogen functional groups attached to an aromatic ring is 1. The van der Waals surface area contributed by atoms with Gasteiger partial charge in [-0.1, -0.05) is 6.07 Å². The molecule has 0 radical (unpaired) electrons. The maximum Gasteiger partial charge on any atom is 0.245 e. The van der Waals surface area contributed by atoms with Crippen molar-refractivity contribution < 1.29 is 23.0 Å². The molecule has 0 aliphatic carbocycles. The van der Waals surface area contributed by atoms with Gasteiger partial charge in [0.1, 0.15) is 10.7 Å². The van der Waals surface area contributed by atoms with Crippen molar-refractivity contribution in [1.82, 2.24) is 4.72 Å². The van der Waals surface area contributed by atoms with Gasteiger partial charge in [0.25, 0.3) is 0 Å². The van der Waals surface area contributed by atoms with Gasteiger partial charge >= 0.3 is 0 Å². The topological polar surface area (TPSA) is 113 Å². The van der Waals surface area contributed by atoms with Crippen molar-refractivity contribution in [3.05, 3.63) is 24.0 Å². The highest BCUT2D eigenvalue weighted by Crippen LogP contribution is 2.21. The number of nitrogens with two attached hydrogens (primary N) is 1. The van der Waals surface area contributed by atoms with Crippen LogP contribution in [0.2, 0.25) is 0 Å². The maximum atomic E-state index is 13.3. The predicted molar refractivity (Wildman–Crippen MR) is 59.1 cm³/mol. The average Bonchev–Trinajstić information content (AvgIpc) is 2.25. The molecule has 8 heteroatoms. The van der Waals surface area contributed by atoms with E-state index in [1.54, 1.807) is 0 Å². The molecule has 0 spiro atoms. The summed E-state index contributed by atoms with van der Waals surface area (Å²) in [7, 11) is -4.15. The molecular formula is C9H13FN2O4S. The van der Waals surface area contributed by atoms with Gasteiger partial charge in [-0.25, -0.2) is 17.5 Å². The number of sulfonamides is 1. The van der Waals surface area contributed by atoms with Gasteiger partial charge in [0, 0.05) is 6.54 Å². The zero-order valence-electron chi connectivity index (χ0n) is 8.80. The first-order chi connectivity index (χ1) is 7.88. The second kappa shape index (κ2) is 5.41. The summed E-state index contributed by atoms with van der Waals surface area (Å²) in [4.78, 5) is -0.662. The highest BCUT2D eigenvalue weighted by Gasteiger charge is 2.22. The molecule has 0 bridgehead atoms. The molecule has 1 aromatic rings. The SMILES string of the molecule is Nc1cccc(F)c1S(=O)(=O)NCC(O)CO. The van der Waals surface area contributed by atoms with Crippen LogP contribution in [0.1, 0.15) is 0 Å². The minimum atomic E-state index is -4.15. The average molecular weight is 264 g/mol. The summed E-state index contributed by atoms with van der Waals surface area (Å²) in [6.07, 6.45) is -1.25. The third-order valence-electron chi connectivity index (χ3n) is 1.99. The highest BCUT2D eigenvalue weighted by molar-refractivity contribution is 7.89. The maximum absolute atomic E-state index is 13.3. The molecule has 5 N–H and O–H groups in total. The summed E-state index contributed by atoms with van der Waals surface area (Å²) in [5.74, 6) is -0.976. The lowest BCUT2D eigenvalue weighted by Crippen LogP contribution is -2.34. The number of aliphatic hydroxyl groups excluding tert-OH is 2. The summed E-state index contributed by atoms with van der Waals surface area (Å²) in [6, 6.07) is 3.50. The summed E-state index contributed by atoms with van der Waals surface area (Å²) >= 11 is 0. The van der Waals surface area contributed by atoms with Gasteiger partial charge in [-0.05, 0) is 12.1 Å². The largest absolute Gasteiger partial charge is 0.398 e. The van der Waals surface area contributed by atoms with Crippen LogP contribution in [-0.2, 0) is 10.0 Å². The molecule has 0 saturated carbocycles. The molecule has 0 aliphatic rings. The van der Waals surface area contributed by atoms with Crippen molar-refractivity contribution in [3.8, 4) is 0 Å². The molecule has 1 unspecified atom stereocenters. The van der Waals surface area contributed by atoms with E-state index in [0.717, 1.165) is 6.07 Å². The third-order valence-corrected chi connectivity index (χ3v) is 3.50. The predicted octanol–water partition coefficient (Wildman–Crippen LogP) is -0.961. The Morgan fingerprint density at radius 3 is 2.65 bits per heavy atom.